The van der Waals surface area contributed by atoms with E-state index in [4.69, 9.17) is 21.1 Å². The fourth-order valence-electron chi connectivity index (χ4n) is 4.09. The number of pyridine rings is 1. The van der Waals surface area contributed by atoms with E-state index in [-0.39, 0.29) is 23.6 Å². The Kier molecular flexibility index (Phi) is 9.25. The highest BCUT2D eigenvalue weighted by molar-refractivity contribution is 6.05. The summed E-state index contributed by atoms with van der Waals surface area (Å²) in [5.74, 6) is 5.74. The number of halogens is 3. The van der Waals surface area contributed by atoms with Crippen LogP contribution >= 0.6 is 0 Å². The van der Waals surface area contributed by atoms with Gasteiger partial charge in [0.1, 0.15) is 12.4 Å². The summed E-state index contributed by atoms with van der Waals surface area (Å²) >= 11 is 0. The molecule has 2 aromatic carbocycles. The molecule has 0 saturated carbocycles. The van der Waals surface area contributed by atoms with Gasteiger partial charge in [-0.05, 0) is 55.0 Å². The number of carbonyl (C=O) groups is 1. The Morgan fingerprint density at radius 1 is 1.18 bits per heavy atom. The molecule has 1 saturated heterocycles. The van der Waals surface area contributed by atoms with E-state index in [1.165, 1.54) is 23.3 Å². The Hall–Kier alpha value is -4.13. The molecule has 0 spiro atoms. The second-order valence-corrected chi connectivity index (χ2v) is 9.20. The van der Waals surface area contributed by atoms with Crippen LogP contribution < -0.4 is 26.6 Å². The van der Waals surface area contributed by atoms with Gasteiger partial charge >= 0.3 is 6.18 Å². The van der Waals surface area contributed by atoms with Gasteiger partial charge in [0.05, 0.1) is 35.8 Å². The standard InChI is InChI=1S/C28H31F3N6O3/c1-19-4-5-20(15-25(19)37(33)18-23(32)21-3-2-8-34-17-21)27(38)35-24-16-22(28(29,30)31)6-7-26(24)40-14-11-36-9-12-39-13-10-36/h2-8,15-18H,9-14,32-33H2,1H3,(H,35,38)/b23-18-. The van der Waals surface area contributed by atoms with Crippen molar-refractivity contribution < 1.29 is 27.4 Å². The number of rotatable bonds is 9. The molecular formula is C28H31F3N6O3. The van der Waals surface area contributed by atoms with Gasteiger partial charge in [-0.15, -0.1) is 0 Å². The highest BCUT2D eigenvalue weighted by Crippen LogP contribution is 2.35. The number of anilines is 2. The molecule has 0 unspecified atom stereocenters. The summed E-state index contributed by atoms with van der Waals surface area (Å²) in [6.45, 7) is 5.33. The zero-order valence-corrected chi connectivity index (χ0v) is 21.9. The number of benzene rings is 2. The lowest BCUT2D eigenvalue weighted by Gasteiger charge is -2.26. The van der Waals surface area contributed by atoms with Crippen LogP contribution in [0.1, 0.15) is 27.0 Å². The molecule has 0 aliphatic carbocycles. The second kappa shape index (κ2) is 12.8. The average Bonchev–Trinajstić information content (AvgIpc) is 2.94. The predicted octanol–water partition coefficient (Wildman–Crippen LogP) is 4.01. The first-order valence-corrected chi connectivity index (χ1v) is 12.6. The van der Waals surface area contributed by atoms with Gasteiger partial charge in [0.15, 0.2) is 0 Å². The smallest absolute Gasteiger partial charge is 0.416 e. The molecule has 40 heavy (non-hydrogen) atoms. The van der Waals surface area contributed by atoms with Crippen LogP contribution in [0.2, 0.25) is 0 Å². The zero-order chi connectivity index (χ0) is 28.7. The van der Waals surface area contributed by atoms with Crippen molar-refractivity contribution in [2.24, 2.45) is 11.6 Å². The second-order valence-electron chi connectivity index (χ2n) is 9.20. The van der Waals surface area contributed by atoms with Crippen molar-refractivity contribution in [3.05, 3.63) is 89.4 Å². The molecule has 212 valence electrons. The number of aryl methyl sites for hydroxylation is 1. The molecule has 1 aliphatic heterocycles. The molecule has 1 aliphatic rings. The molecule has 12 heteroatoms. The van der Waals surface area contributed by atoms with Gasteiger partial charge in [-0.1, -0.05) is 6.07 Å². The van der Waals surface area contributed by atoms with Crippen LogP contribution in [0.5, 0.6) is 5.75 Å². The van der Waals surface area contributed by atoms with Gasteiger partial charge in [0, 0.05) is 49.4 Å². The molecule has 9 nitrogen and oxygen atoms in total. The van der Waals surface area contributed by atoms with E-state index in [1.54, 1.807) is 43.6 Å². The quantitative estimate of drug-likeness (QED) is 0.267. The number of amides is 1. The lowest BCUT2D eigenvalue weighted by atomic mass is 10.1. The molecule has 5 N–H and O–H groups in total. The summed E-state index contributed by atoms with van der Waals surface area (Å²) in [7, 11) is 0. The van der Waals surface area contributed by atoms with Gasteiger partial charge < -0.3 is 20.5 Å². The lowest BCUT2D eigenvalue weighted by Crippen LogP contribution is -2.38. The Labute approximate surface area is 230 Å². The number of nitrogens with zero attached hydrogens (tertiary/aromatic N) is 3. The summed E-state index contributed by atoms with van der Waals surface area (Å²) in [6, 6.07) is 11.3. The highest BCUT2D eigenvalue weighted by atomic mass is 19.4. The van der Waals surface area contributed by atoms with Crippen LogP contribution in [0.15, 0.2) is 67.1 Å². The van der Waals surface area contributed by atoms with Gasteiger partial charge in [-0.2, -0.15) is 13.2 Å². The Bertz CT molecular complexity index is 1340. The largest absolute Gasteiger partial charge is 0.490 e. The Balaban J connectivity index is 1.53. The van der Waals surface area contributed by atoms with Crippen molar-refractivity contribution in [2.75, 3.05) is 49.8 Å². The number of carbonyl (C=O) groups excluding carboxylic acids is 1. The predicted molar refractivity (Wildman–Crippen MR) is 146 cm³/mol. The first-order chi connectivity index (χ1) is 19.1. The number of hydrogen-bond donors (Lipinski definition) is 3. The van der Waals surface area contributed by atoms with Gasteiger partial charge in [0.25, 0.3) is 5.91 Å². The van der Waals surface area contributed by atoms with Gasteiger partial charge in [-0.3, -0.25) is 19.7 Å². The maximum Gasteiger partial charge on any atom is 0.416 e. The topological polar surface area (TPSA) is 119 Å². The number of hydrogen-bond acceptors (Lipinski definition) is 8. The summed E-state index contributed by atoms with van der Waals surface area (Å²) in [6.07, 6.45) is 0.109. The first kappa shape index (κ1) is 28.9. The monoisotopic (exact) mass is 556 g/mol. The number of ether oxygens (including phenoxy) is 2. The number of nitrogens with two attached hydrogens (primary N) is 2. The molecular weight excluding hydrogens is 525 g/mol. The van der Waals surface area contributed by atoms with Crippen LogP contribution in [0, 0.1) is 6.92 Å². The van der Waals surface area contributed by atoms with E-state index >= 15 is 0 Å². The lowest BCUT2D eigenvalue weighted by molar-refractivity contribution is -0.137. The minimum Gasteiger partial charge on any atom is -0.490 e. The minimum atomic E-state index is -4.59. The molecule has 1 amide bonds. The minimum absolute atomic E-state index is 0.0887. The third-order valence-electron chi connectivity index (χ3n) is 6.35. The maximum atomic E-state index is 13.5. The van der Waals surface area contributed by atoms with Crippen molar-refractivity contribution in [1.82, 2.24) is 9.88 Å². The normalized spacial score (nSPS) is 14.6. The van der Waals surface area contributed by atoms with Crippen molar-refractivity contribution in [2.45, 2.75) is 13.1 Å². The number of aromatic nitrogens is 1. The van der Waals surface area contributed by atoms with Crippen molar-refractivity contribution in [1.29, 1.82) is 0 Å². The van der Waals surface area contributed by atoms with Crippen molar-refractivity contribution in [3.63, 3.8) is 0 Å². The van der Waals surface area contributed by atoms with Gasteiger partial charge in [-0.25, -0.2) is 5.84 Å². The van der Waals surface area contributed by atoms with Crippen LogP contribution in [0.25, 0.3) is 5.70 Å². The number of alkyl halides is 3. The van der Waals surface area contributed by atoms with Crippen LogP contribution in [0.4, 0.5) is 24.5 Å². The van der Waals surface area contributed by atoms with E-state index in [9.17, 15) is 18.0 Å². The van der Waals surface area contributed by atoms with Crippen LogP contribution in [0.3, 0.4) is 0 Å². The summed E-state index contributed by atoms with van der Waals surface area (Å²) in [5.41, 5.74) is 7.57. The molecule has 3 aromatic rings. The number of hydrazine groups is 1. The first-order valence-electron chi connectivity index (χ1n) is 12.6. The molecule has 0 bridgehead atoms. The zero-order valence-electron chi connectivity index (χ0n) is 21.9. The maximum absolute atomic E-state index is 13.5. The van der Waals surface area contributed by atoms with E-state index < -0.39 is 17.6 Å². The van der Waals surface area contributed by atoms with Crippen LogP contribution in [-0.2, 0) is 10.9 Å². The van der Waals surface area contributed by atoms with E-state index in [1.807, 2.05) is 0 Å². The van der Waals surface area contributed by atoms with E-state index in [0.29, 0.717) is 36.7 Å². The Morgan fingerprint density at radius 3 is 2.65 bits per heavy atom. The molecule has 0 radical (unpaired) electrons. The van der Waals surface area contributed by atoms with Gasteiger partial charge in [0.2, 0.25) is 0 Å². The van der Waals surface area contributed by atoms with E-state index in [0.717, 1.165) is 30.8 Å². The van der Waals surface area contributed by atoms with Crippen LogP contribution in [-0.4, -0.2) is 55.2 Å². The van der Waals surface area contributed by atoms with E-state index in [2.05, 4.69) is 15.2 Å². The van der Waals surface area contributed by atoms with Crippen molar-refractivity contribution in [3.8, 4) is 5.75 Å². The van der Waals surface area contributed by atoms with Crippen molar-refractivity contribution >= 4 is 23.0 Å². The molecule has 1 fully saturated rings. The fraction of sp³-hybridized carbons (Fsp3) is 0.286. The third kappa shape index (κ3) is 7.50. The third-order valence-corrected chi connectivity index (χ3v) is 6.35. The average molecular weight is 557 g/mol. The Morgan fingerprint density at radius 2 is 1.95 bits per heavy atom. The molecule has 4 rings (SSSR count). The SMILES string of the molecule is Cc1ccc(C(=O)Nc2cc(C(F)(F)F)ccc2OCCN2CCOCC2)cc1N(N)/C=C(\N)c1cccnc1. The number of morpholine rings is 1. The fourth-order valence-corrected chi connectivity index (χ4v) is 4.09. The summed E-state index contributed by atoms with van der Waals surface area (Å²) in [4.78, 5) is 19.4. The summed E-state index contributed by atoms with van der Waals surface area (Å²) < 4.78 is 51.5. The number of nitrogens with one attached hydrogen (secondary N) is 1. The molecule has 0 atom stereocenters. The summed E-state index contributed by atoms with van der Waals surface area (Å²) in [5, 5.41) is 3.85. The highest BCUT2D eigenvalue weighted by Gasteiger charge is 2.31. The molecule has 2 heterocycles. The molecule has 1 aromatic heterocycles.